The van der Waals surface area contributed by atoms with Gasteiger partial charge in [0.15, 0.2) is 11.5 Å². The molecular formula is C13H18BrNO3. The van der Waals surface area contributed by atoms with Crippen molar-refractivity contribution >= 4 is 21.8 Å². The van der Waals surface area contributed by atoms with Gasteiger partial charge in [0.25, 0.3) is 0 Å². The number of hydrogen-bond acceptors (Lipinski definition) is 3. The van der Waals surface area contributed by atoms with E-state index in [2.05, 4.69) is 21.2 Å². The quantitative estimate of drug-likeness (QED) is 0.786. The zero-order chi connectivity index (χ0) is 13.4. The number of nitrogens with one attached hydrogen (secondary N) is 1. The van der Waals surface area contributed by atoms with Crippen LogP contribution in [0.4, 0.5) is 0 Å². The molecule has 100 valence electrons. The van der Waals surface area contributed by atoms with Gasteiger partial charge in [0, 0.05) is 6.54 Å². The average Bonchev–Trinajstić information content (AvgIpc) is 2.39. The summed E-state index contributed by atoms with van der Waals surface area (Å²) >= 11 is 3.10. The van der Waals surface area contributed by atoms with E-state index in [-0.39, 0.29) is 5.91 Å². The van der Waals surface area contributed by atoms with Gasteiger partial charge < -0.3 is 14.8 Å². The van der Waals surface area contributed by atoms with Crippen molar-refractivity contribution in [1.82, 2.24) is 5.32 Å². The summed E-state index contributed by atoms with van der Waals surface area (Å²) in [6.07, 6.45) is 0. The summed E-state index contributed by atoms with van der Waals surface area (Å²) < 4.78 is 11.0. The van der Waals surface area contributed by atoms with Crippen molar-refractivity contribution in [2.45, 2.75) is 20.4 Å². The standard InChI is InChI=1S/C13H18BrNO3/c1-3-17-11-6-5-10(7-12(11)18-4-2)9-15-13(16)8-14/h5-7H,3-4,8-9H2,1-2H3,(H,15,16). The predicted octanol–water partition coefficient (Wildman–Crippen LogP) is 2.50. The van der Waals surface area contributed by atoms with Gasteiger partial charge in [-0.05, 0) is 31.5 Å². The summed E-state index contributed by atoms with van der Waals surface area (Å²) in [5.74, 6) is 1.40. The van der Waals surface area contributed by atoms with Crippen molar-refractivity contribution in [3.05, 3.63) is 23.8 Å². The molecule has 0 aliphatic heterocycles. The lowest BCUT2D eigenvalue weighted by Crippen LogP contribution is -2.23. The average molecular weight is 316 g/mol. The number of hydrogen-bond donors (Lipinski definition) is 1. The Kier molecular flexibility index (Phi) is 6.57. The summed E-state index contributed by atoms with van der Waals surface area (Å²) in [5, 5.41) is 3.10. The van der Waals surface area contributed by atoms with E-state index in [0.29, 0.717) is 30.8 Å². The van der Waals surface area contributed by atoms with Crippen LogP contribution in [0, 0.1) is 0 Å². The van der Waals surface area contributed by atoms with Gasteiger partial charge in [0.1, 0.15) is 0 Å². The molecule has 0 atom stereocenters. The highest BCUT2D eigenvalue weighted by molar-refractivity contribution is 9.09. The number of amides is 1. The molecule has 1 N–H and O–H groups in total. The lowest BCUT2D eigenvalue weighted by Gasteiger charge is -2.12. The van der Waals surface area contributed by atoms with Crippen LogP contribution in [0.3, 0.4) is 0 Å². The van der Waals surface area contributed by atoms with Gasteiger partial charge in [-0.2, -0.15) is 0 Å². The highest BCUT2D eigenvalue weighted by atomic mass is 79.9. The summed E-state index contributed by atoms with van der Waals surface area (Å²) in [6.45, 7) is 5.52. The predicted molar refractivity (Wildman–Crippen MR) is 74.4 cm³/mol. The third kappa shape index (κ3) is 4.56. The maximum atomic E-state index is 11.2. The molecule has 5 heteroatoms. The van der Waals surface area contributed by atoms with Crippen LogP contribution >= 0.6 is 15.9 Å². The first-order valence-electron chi connectivity index (χ1n) is 5.92. The zero-order valence-corrected chi connectivity index (χ0v) is 12.2. The van der Waals surface area contributed by atoms with E-state index < -0.39 is 0 Å². The lowest BCUT2D eigenvalue weighted by atomic mass is 10.2. The van der Waals surface area contributed by atoms with Gasteiger partial charge >= 0.3 is 0 Å². The van der Waals surface area contributed by atoms with Crippen molar-refractivity contribution in [2.24, 2.45) is 0 Å². The highest BCUT2D eigenvalue weighted by Crippen LogP contribution is 2.28. The van der Waals surface area contributed by atoms with E-state index in [0.717, 1.165) is 11.3 Å². The molecular weight excluding hydrogens is 298 g/mol. The summed E-state index contributed by atoms with van der Waals surface area (Å²) in [4.78, 5) is 11.2. The number of alkyl halides is 1. The van der Waals surface area contributed by atoms with E-state index in [1.54, 1.807) is 0 Å². The lowest BCUT2D eigenvalue weighted by molar-refractivity contribution is -0.118. The molecule has 1 rings (SSSR count). The van der Waals surface area contributed by atoms with Gasteiger partial charge in [-0.1, -0.05) is 22.0 Å². The normalized spacial score (nSPS) is 9.94. The highest BCUT2D eigenvalue weighted by Gasteiger charge is 2.06. The first kappa shape index (κ1) is 14.8. The molecule has 0 spiro atoms. The molecule has 1 aromatic carbocycles. The second-order valence-corrected chi connectivity index (χ2v) is 4.12. The molecule has 1 amide bonds. The number of carbonyl (C=O) groups excluding carboxylic acids is 1. The zero-order valence-electron chi connectivity index (χ0n) is 10.7. The monoisotopic (exact) mass is 315 g/mol. The molecule has 18 heavy (non-hydrogen) atoms. The Bertz CT molecular complexity index is 396. The smallest absolute Gasteiger partial charge is 0.230 e. The van der Waals surface area contributed by atoms with E-state index in [9.17, 15) is 4.79 Å². The van der Waals surface area contributed by atoms with E-state index >= 15 is 0 Å². The molecule has 0 saturated heterocycles. The summed E-state index contributed by atoms with van der Waals surface area (Å²) in [6, 6.07) is 5.68. The molecule has 0 radical (unpaired) electrons. The topological polar surface area (TPSA) is 47.6 Å². The van der Waals surface area contributed by atoms with Crippen molar-refractivity contribution < 1.29 is 14.3 Å². The van der Waals surface area contributed by atoms with Crippen LogP contribution in [0.5, 0.6) is 11.5 Å². The number of carbonyl (C=O) groups is 1. The van der Waals surface area contributed by atoms with Crippen LogP contribution in [-0.4, -0.2) is 24.5 Å². The van der Waals surface area contributed by atoms with Crippen LogP contribution in [0.25, 0.3) is 0 Å². The van der Waals surface area contributed by atoms with E-state index in [1.807, 2.05) is 32.0 Å². The van der Waals surface area contributed by atoms with Gasteiger partial charge in [0.05, 0.1) is 18.5 Å². The second kappa shape index (κ2) is 7.97. The number of benzene rings is 1. The molecule has 0 aliphatic rings. The molecule has 0 aromatic heterocycles. The fraction of sp³-hybridized carbons (Fsp3) is 0.462. The molecule has 1 aromatic rings. The molecule has 0 heterocycles. The third-order valence-electron chi connectivity index (χ3n) is 2.22. The van der Waals surface area contributed by atoms with Crippen LogP contribution in [0.1, 0.15) is 19.4 Å². The van der Waals surface area contributed by atoms with Crippen molar-refractivity contribution in [3.63, 3.8) is 0 Å². The Balaban J connectivity index is 2.75. The fourth-order valence-electron chi connectivity index (χ4n) is 1.45. The maximum absolute atomic E-state index is 11.2. The molecule has 0 bridgehead atoms. The summed E-state index contributed by atoms with van der Waals surface area (Å²) in [5.41, 5.74) is 0.983. The minimum absolute atomic E-state index is 0.0400. The van der Waals surface area contributed by atoms with E-state index in [1.165, 1.54) is 0 Å². The van der Waals surface area contributed by atoms with Crippen LogP contribution in [-0.2, 0) is 11.3 Å². The largest absolute Gasteiger partial charge is 0.490 e. The SMILES string of the molecule is CCOc1ccc(CNC(=O)CBr)cc1OCC. The Morgan fingerprint density at radius 1 is 1.22 bits per heavy atom. The second-order valence-electron chi connectivity index (χ2n) is 3.56. The Labute approximate surface area is 116 Å². The van der Waals surface area contributed by atoms with Gasteiger partial charge in [-0.15, -0.1) is 0 Å². The van der Waals surface area contributed by atoms with Crippen molar-refractivity contribution in [2.75, 3.05) is 18.5 Å². The minimum Gasteiger partial charge on any atom is -0.490 e. The molecule has 0 aliphatic carbocycles. The minimum atomic E-state index is -0.0400. The van der Waals surface area contributed by atoms with Crippen molar-refractivity contribution in [3.8, 4) is 11.5 Å². The first-order chi connectivity index (χ1) is 8.71. The first-order valence-corrected chi connectivity index (χ1v) is 7.04. The van der Waals surface area contributed by atoms with Crippen molar-refractivity contribution in [1.29, 1.82) is 0 Å². The fourth-order valence-corrected chi connectivity index (χ4v) is 1.65. The number of rotatable bonds is 7. The van der Waals surface area contributed by atoms with Gasteiger partial charge in [-0.25, -0.2) is 0 Å². The van der Waals surface area contributed by atoms with Gasteiger partial charge in [-0.3, -0.25) is 4.79 Å². The number of halogens is 1. The van der Waals surface area contributed by atoms with Crippen LogP contribution in [0.2, 0.25) is 0 Å². The Morgan fingerprint density at radius 3 is 2.50 bits per heavy atom. The maximum Gasteiger partial charge on any atom is 0.230 e. The van der Waals surface area contributed by atoms with Crippen LogP contribution in [0.15, 0.2) is 18.2 Å². The summed E-state index contributed by atoms with van der Waals surface area (Å²) in [7, 11) is 0. The van der Waals surface area contributed by atoms with E-state index in [4.69, 9.17) is 9.47 Å². The molecule has 0 saturated carbocycles. The molecule has 4 nitrogen and oxygen atoms in total. The number of ether oxygens (including phenoxy) is 2. The Hall–Kier alpha value is -1.23. The van der Waals surface area contributed by atoms with Crippen LogP contribution < -0.4 is 14.8 Å². The molecule has 0 unspecified atom stereocenters. The Morgan fingerprint density at radius 2 is 1.89 bits per heavy atom. The third-order valence-corrected chi connectivity index (χ3v) is 2.73. The molecule has 0 fully saturated rings. The van der Waals surface area contributed by atoms with Gasteiger partial charge in [0.2, 0.25) is 5.91 Å².